The summed E-state index contributed by atoms with van der Waals surface area (Å²) < 4.78 is 14.7. The van der Waals surface area contributed by atoms with Crippen LogP contribution in [0.2, 0.25) is 0 Å². The first kappa shape index (κ1) is 13.6. The topological polar surface area (TPSA) is 138 Å². The van der Waals surface area contributed by atoms with Gasteiger partial charge in [-0.1, -0.05) is 0 Å². The van der Waals surface area contributed by atoms with Crippen LogP contribution in [0, 0.1) is 0 Å². The lowest BCUT2D eigenvalue weighted by Gasteiger charge is -2.08. The highest BCUT2D eigenvalue weighted by Crippen LogP contribution is 2.28. The first-order valence-electron chi connectivity index (χ1n) is 4.26. The van der Waals surface area contributed by atoms with E-state index in [-0.39, 0.29) is 0 Å². The fraction of sp³-hybridized carbons (Fsp3) is 0. The Balaban J connectivity index is 3.70. The predicted molar refractivity (Wildman–Crippen MR) is 55.6 cm³/mol. The third kappa shape index (κ3) is 2.44. The van der Waals surface area contributed by atoms with Gasteiger partial charge in [0.1, 0.15) is 11.3 Å². The molecule has 0 saturated carbocycles. The zero-order chi connectivity index (χ0) is 13.9. The molecule has 0 atom stereocenters. The molecule has 0 saturated heterocycles. The van der Waals surface area contributed by atoms with E-state index < -0.39 is 49.0 Å². The number of benzene rings is 1. The van der Waals surface area contributed by atoms with Gasteiger partial charge in [0.2, 0.25) is 0 Å². The molecular formula is C9H5O8P. The lowest BCUT2D eigenvalue weighted by atomic mass is 10.00. The minimum absolute atomic E-state index is 0.499. The zero-order valence-corrected chi connectivity index (χ0v) is 9.38. The molecule has 0 heterocycles. The van der Waals surface area contributed by atoms with Crippen LogP contribution in [0.25, 0.3) is 0 Å². The van der Waals surface area contributed by atoms with Crippen molar-refractivity contribution >= 4 is 26.6 Å². The summed E-state index contributed by atoms with van der Waals surface area (Å²) in [6.45, 7) is 0. The molecule has 0 spiro atoms. The van der Waals surface area contributed by atoms with Gasteiger partial charge in [0.15, 0.2) is 0 Å². The SMILES string of the molecule is O=POc1ccc(C(=O)O)c(C(=O)O)c1C(=O)O. The van der Waals surface area contributed by atoms with Crippen molar-refractivity contribution in [1.29, 1.82) is 0 Å². The Labute approximate surface area is 101 Å². The molecule has 94 valence electrons. The molecule has 1 aromatic rings. The smallest absolute Gasteiger partial charge is 0.395 e. The summed E-state index contributed by atoms with van der Waals surface area (Å²) in [6, 6.07) is 1.78. The Bertz CT molecular complexity index is 550. The number of carboxylic acids is 3. The first-order valence-corrected chi connectivity index (χ1v) is 4.99. The molecule has 0 aliphatic rings. The summed E-state index contributed by atoms with van der Waals surface area (Å²) in [6.07, 6.45) is 0. The molecule has 0 aliphatic heterocycles. The van der Waals surface area contributed by atoms with Crippen LogP contribution in [0.5, 0.6) is 5.75 Å². The molecule has 0 bridgehead atoms. The Morgan fingerprint density at radius 2 is 1.50 bits per heavy atom. The fourth-order valence-corrected chi connectivity index (χ4v) is 1.54. The molecule has 1 aromatic carbocycles. The van der Waals surface area contributed by atoms with Crippen LogP contribution in [-0.2, 0) is 4.57 Å². The summed E-state index contributed by atoms with van der Waals surface area (Å²) in [4.78, 5) is 32.7. The molecule has 0 fully saturated rings. The lowest BCUT2D eigenvalue weighted by Crippen LogP contribution is -2.15. The standard InChI is InChI=1S/C9H5O8P/c10-7(11)3-1-2-4(17-18-16)6(9(14)15)5(3)8(12)13/h1-2H,(H,10,11)(H,12,13)(H,14,15). The van der Waals surface area contributed by atoms with E-state index >= 15 is 0 Å². The fourth-order valence-electron chi connectivity index (χ4n) is 1.31. The van der Waals surface area contributed by atoms with Gasteiger partial charge < -0.3 is 19.8 Å². The van der Waals surface area contributed by atoms with E-state index in [1.54, 1.807) is 0 Å². The number of hydrogen-bond acceptors (Lipinski definition) is 5. The maximum atomic E-state index is 11.0. The second-order valence-corrected chi connectivity index (χ2v) is 3.27. The van der Waals surface area contributed by atoms with Gasteiger partial charge in [-0.3, -0.25) is 0 Å². The second-order valence-electron chi connectivity index (χ2n) is 2.94. The van der Waals surface area contributed by atoms with Gasteiger partial charge >= 0.3 is 26.6 Å². The molecule has 0 radical (unpaired) electrons. The van der Waals surface area contributed by atoms with Crippen LogP contribution >= 0.6 is 8.69 Å². The molecule has 0 amide bonds. The largest absolute Gasteiger partial charge is 0.478 e. The molecule has 1 rings (SSSR count). The zero-order valence-electron chi connectivity index (χ0n) is 8.48. The minimum Gasteiger partial charge on any atom is -0.478 e. The number of hydrogen-bond donors (Lipinski definition) is 3. The Morgan fingerprint density at radius 3 is 1.89 bits per heavy atom. The number of rotatable bonds is 5. The predicted octanol–water partition coefficient (Wildman–Crippen LogP) is 1.37. The van der Waals surface area contributed by atoms with E-state index in [1.807, 2.05) is 0 Å². The third-order valence-electron chi connectivity index (χ3n) is 1.96. The van der Waals surface area contributed by atoms with E-state index in [9.17, 15) is 18.9 Å². The van der Waals surface area contributed by atoms with Crippen molar-refractivity contribution < 1.29 is 38.8 Å². The molecule has 3 N–H and O–H groups in total. The highest BCUT2D eigenvalue weighted by atomic mass is 31.1. The van der Waals surface area contributed by atoms with Crippen molar-refractivity contribution in [2.45, 2.75) is 0 Å². The maximum absolute atomic E-state index is 11.0. The van der Waals surface area contributed by atoms with E-state index in [2.05, 4.69) is 4.52 Å². The Morgan fingerprint density at radius 1 is 0.944 bits per heavy atom. The van der Waals surface area contributed by atoms with Gasteiger partial charge in [0.25, 0.3) is 0 Å². The minimum atomic E-state index is -1.74. The summed E-state index contributed by atoms with van der Waals surface area (Å²) in [7, 11) is -0.890. The van der Waals surface area contributed by atoms with E-state index in [1.165, 1.54) is 0 Å². The summed E-state index contributed by atoms with van der Waals surface area (Å²) in [5.74, 6) is -5.53. The van der Waals surface area contributed by atoms with Crippen LogP contribution in [-0.4, -0.2) is 33.2 Å². The van der Waals surface area contributed by atoms with Crippen molar-refractivity contribution in [3.05, 3.63) is 28.8 Å². The Hall–Kier alpha value is -2.47. The highest BCUT2D eigenvalue weighted by Gasteiger charge is 2.28. The summed E-state index contributed by atoms with van der Waals surface area (Å²) in [5.41, 5.74) is -2.50. The van der Waals surface area contributed by atoms with Gasteiger partial charge in [-0.2, -0.15) is 0 Å². The summed E-state index contributed by atoms with van der Waals surface area (Å²) in [5, 5.41) is 26.5. The van der Waals surface area contributed by atoms with Gasteiger partial charge in [-0.25, -0.2) is 18.9 Å². The van der Waals surface area contributed by atoms with Gasteiger partial charge in [-0.05, 0) is 12.1 Å². The second kappa shape index (κ2) is 5.24. The van der Waals surface area contributed by atoms with E-state index in [4.69, 9.17) is 15.3 Å². The molecule has 0 aromatic heterocycles. The molecule has 9 heteroatoms. The van der Waals surface area contributed by atoms with Crippen LogP contribution in [0.4, 0.5) is 0 Å². The average molecular weight is 272 g/mol. The van der Waals surface area contributed by atoms with Crippen LogP contribution < -0.4 is 4.52 Å². The van der Waals surface area contributed by atoms with Crippen LogP contribution in [0.15, 0.2) is 12.1 Å². The van der Waals surface area contributed by atoms with Crippen LogP contribution in [0.1, 0.15) is 31.1 Å². The lowest BCUT2D eigenvalue weighted by molar-refractivity contribution is 0.0632. The maximum Gasteiger partial charge on any atom is 0.395 e. The third-order valence-corrected chi connectivity index (χ3v) is 2.23. The number of aromatic carboxylic acids is 3. The molecule has 0 aliphatic carbocycles. The van der Waals surface area contributed by atoms with Crippen LogP contribution in [0.3, 0.4) is 0 Å². The number of carboxylic acid groups (broad SMARTS) is 3. The van der Waals surface area contributed by atoms with E-state index in [0.717, 1.165) is 12.1 Å². The molecular weight excluding hydrogens is 267 g/mol. The highest BCUT2D eigenvalue weighted by molar-refractivity contribution is 7.17. The van der Waals surface area contributed by atoms with Crippen molar-refractivity contribution in [2.24, 2.45) is 0 Å². The van der Waals surface area contributed by atoms with Gasteiger partial charge in [-0.15, -0.1) is 0 Å². The van der Waals surface area contributed by atoms with E-state index in [0.29, 0.717) is 0 Å². The van der Waals surface area contributed by atoms with Crippen molar-refractivity contribution in [3.63, 3.8) is 0 Å². The van der Waals surface area contributed by atoms with Crippen molar-refractivity contribution in [2.75, 3.05) is 0 Å². The van der Waals surface area contributed by atoms with Crippen molar-refractivity contribution in [3.8, 4) is 5.75 Å². The van der Waals surface area contributed by atoms with Gasteiger partial charge in [0, 0.05) is 0 Å². The number of carbonyl (C=O) groups is 3. The molecule has 0 unspecified atom stereocenters. The Kier molecular flexibility index (Phi) is 3.96. The average Bonchev–Trinajstić information content (AvgIpc) is 2.27. The monoisotopic (exact) mass is 272 g/mol. The van der Waals surface area contributed by atoms with Crippen molar-refractivity contribution in [1.82, 2.24) is 0 Å². The van der Waals surface area contributed by atoms with Gasteiger partial charge in [0.05, 0.1) is 11.1 Å². The normalized spacial score (nSPS) is 10.0. The molecule has 8 nitrogen and oxygen atoms in total. The summed E-state index contributed by atoms with van der Waals surface area (Å²) >= 11 is 0. The first-order chi connectivity index (χ1) is 8.40. The quantitative estimate of drug-likeness (QED) is 0.683. The molecule has 18 heavy (non-hydrogen) atoms.